The summed E-state index contributed by atoms with van der Waals surface area (Å²) in [6.07, 6.45) is 3.31. The maximum absolute atomic E-state index is 11.9. The first-order chi connectivity index (χ1) is 10.2. The van der Waals surface area contributed by atoms with Crippen molar-refractivity contribution in [3.05, 3.63) is 29.3 Å². The van der Waals surface area contributed by atoms with E-state index in [9.17, 15) is 9.90 Å². The Hall–Kier alpha value is -1.59. The number of phenolic OH excluding ortho intramolecular Hbond substituents is 1. The number of benzene rings is 1. The monoisotopic (exact) mass is 292 g/mol. The number of phenols is 1. The minimum Gasteiger partial charge on any atom is -0.508 e. The molecule has 0 bridgehead atoms. The van der Waals surface area contributed by atoms with Crippen molar-refractivity contribution in [2.75, 3.05) is 26.2 Å². The highest BCUT2D eigenvalue weighted by Crippen LogP contribution is 2.16. The van der Waals surface area contributed by atoms with Gasteiger partial charge in [0.15, 0.2) is 0 Å². The van der Waals surface area contributed by atoms with Crippen LogP contribution in [0.3, 0.4) is 0 Å². The Morgan fingerprint density at radius 3 is 2.90 bits per heavy atom. The van der Waals surface area contributed by atoms with Gasteiger partial charge < -0.3 is 20.5 Å². The van der Waals surface area contributed by atoms with E-state index in [4.69, 9.17) is 4.74 Å². The fourth-order valence-corrected chi connectivity index (χ4v) is 2.38. The molecule has 3 N–H and O–H groups in total. The van der Waals surface area contributed by atoms with Crippen LogP contribution in [0.1, 0.15) is 35.2 Å². The summed E-state index contributed by atoms with van der Waals surface area (Å²) in [5, 5.41) is 15.6. The standard InChI is InChI=1S/C16H24N2O3/c1-12-11-13(3-4-15(12)19)16(20)18-7-2-10-21-14-5-8-17-9-6-14/h3-4,11,14,17,19H,2,5-10H2,1H3,(H,18,20). The molecular weight excluding hydrogens is 268 g/mol. The average molecular weight is 292 g/mol. The first-order valence-corrected chi connectivity index (χ1v) is 7.57. The molecule has 1 aliphatic rings. The van der Waals surface area contributed by atoms with Gasteiger partial charge in [0, 0.05) is 18.7 Å². The summed E-state index contributed by atoms with van der Waals surface area (Å²) in [5.41, 5.74) is 1.28. The summed E-state index contributed by atoms with van der Waals surface area (Å²) in [5.74, 6) is 0.0990. The van der Waals surface area contributed by atoms with E-state index in [0.29, 0.717) is 30.4 Å². The fourth-order valence-electron chi connectivity index (χ4n) is 2.38. The van der Waals surface area contributed by atoms with E-state index in [1.165, 1.54) is 0 Å². The van der Waals surface area contributed by atoms with Crippen LogP contribution in [0.2, 0.25) is 0 Å². The van der Waals surface area contributed by atoms with E-state index in [2.05, 4.69) is 10.6 Å². The van der Waals surface area contributed by atoms with E-state index in [-0.39, 0.29) is 11.7 Å². The topological polar surface area (TPSA) is 70.6 Å². The minimum absolute atomic E-state index is 0.111. The Morgan fingerprint density at radius 1 is 1.43 bits per heavy atom. The lowest BCUT2D eigenvalue weighted by Crippen LogP contribution is -2.33. The molecule has 2 rings (SSSR count). The highest BCUT2D eigenvalue weighted by atomic mass is 16.5. The van der Waals surface area contributed by atoms with Crippen molar-refractivity contribution in [1.82, 2.24) is 10.6 Å². The fraction of sp³-hybridized carbons (Fsp3) is 0.562. The lowest BCUT2D eigenvalue weighted by Gasteiger charge is -2.22. The van der Waals surface area contributed by atoms with Gasteiger partial charge in [0.1, 0.15) is 5.75 Å². The lowest BCUT2D eigenvalue weighted by molar-refractivity contribution is 0.0318. The molecule has 1 heterocycles. The number of aryl methyl sites for hydroxylation is 1. The van der Waals surface area contributed by atoms with Crippen molar-refractivity contribution in [1.29, 1.82) is 0 Å². The first kappa shape index (κ1) is 15.8. The van der Waals surface area contributed by atoms with Crippen LogP contribution in [0.15, 0.2) is 18.2 Å². The summed E-state index contributed by atoms with van der Waals surface area (Å²) in [6, 6.07) is 4.86. The number of piperidine rings is 1. The molecule has 0 aliphatic carbocycles. The van der Waals surface area contributed by atoms with E-state index in [1.54, 1.807) is 25.1 Å². The number of nitrogens with one attached hydrogen (secondary N) is 2. The Bertz CT molecular complexity index is 471. The number of carbonyl (C=O) groups excluding carboxylic acids is 1. The van der Waals surface area contributed by atoms with Gasteiger partial charge in [-0.1, -0.05) is 0 Å². The summed E-state index contributed by atoms with van der Waals surface area (Å²) in [4.78, 5) is 11.9. The highest BCUT2D eigenvalue weighted by Gasteiger charge is 2.12. The van der Waals surface area contributed by atoms with E-state index >= 15 is 0 Å². The predicted octanol–water partition coefficient (Wildman–Crippen LogP) is 1.59. The molecule has 1 aromatic carbocycles. The molecule has 0 unspecified atom stereocenters. The molecule has 116 valence electrons. The minimum atomic E-state index is -0.111. The molecule has 1 saturated heterocycles. The zero-order chi connectivity index (χ0) is 15.1. The van der Waals surface area contributed by atoms with Crippen molar-refractivity contribution < 1.29 is 14.6 Å². The maximum Gasteiger partial charge on any atom is 0.251 e. The van der Waals surface area contributed by atoms with Gasteiger partial charge in [0.25, 0.3) is 5.91 Å². The third kappa shape index (κ3) is 5.02. The van der Waals surface area contributed by atoms with Gasteiger partial charge in [-0.05, 0) is 63.0 Å². The molecule has 21 heavy (non-hydrogen) atoms. The molecule has 0 saturated carbocycles. The number of ether oxygens (including phenoxy) is 1. The van der Waals surface area contributed by atoms with E-state index in [1.807, 2.05) is 0 Å². The van der Waals surface area contributed by atoms with Crippen molar-refractivity contribution in [2.45, 2.75) is 32.3 Å². The van der Waals surface area contributed by atoms with Gasteiger partial charge in [0.2, 0.25) is 0 Å². The van der Waals surface area contributed by atoms with E-state index < -0.39 is 0 Å². The zero-order valence-electron chi connectivity index (χ0n) is 12.5. The molecular formula is C16H24N2O3. The molecule has 1 fully saturated rings. The van der Waals surface area contributed by atoms with Crippen LogP contribution in [0.5, 0.6) is 5.75 Å². The van der Waals surface area contributed by atoms with Gasteiger partial charge in [0.05, 0.1) is 6.10 Å². The summed E-state index contributed by atoms with van der Waals surface area (Å²) >= 11 is 0. The summed E-state index contributed by atoms with van der Waals surface area (Å²) in [6.45, 7) is 5.12. The third-order valence-electron chi connectivity index (χ3n) is 3.71. The van der Waals surface area contributed by atoms with Crippen LogP contribution in [0.25, 0.3) is 0 Å². The third-order valence-corrected chi connectivity index (χ3v) is 3.71. The quantitative estimate of drug-likeness (QED) is 0.696. The second-order valence-corrected chi connectivity index (χ2v) is 5.43. The molecule has 5 nitrogen and oxygen atoms in total. The Labute approximate surface area is 125 Å². The van der Waals surface area contributed by atoms with Crippen molar-refractivity contribution >= 4 is 5.91 Å². The number of carbonyl (C=O) groups is 1. The van der Waals surface area contributed by atoms with Crippen molar-refractivity contribution in [3.8, 4) is 5.75 Å². The molecule has 1 amide bonds. The molecule has 5 heteroatoms. The molecule has 1 aliphatic heterocycles. The smallest absolute Gasteiger partial charge is 0.251 e. The molecule has 0 aromatic heterocycles. The number of amides is 1. The molecule has 1 aromatic rings. The van der Waals surface area contributed by atoms with Gasteiger partial charge >= 0.3 is 0 Å². The molecule has 0 radical (unpaired) electrons. The number of hydrogen-bond donors (Lipinski definition) is 3. The summed E-state index contributed by atoms with van der Waals surface area (Å²) < 4.78 is 5.78. The number of rotatable bonds is 6. The Morgan fingerprint density at radius 2 is 2.19 bits per heavy atom. The SMILES string of the molecule is Cc1cc(C(=O)NCCCOC2CCNCC2)ccc1O. The Balaban J connectivity index is 1.63. The van der Waals surface area contributed by atoms with Gasteiger partial charge in [-0.15, -0.1) is 0 Å². The molecule has 0 atom stereocenters. The average Bonchev–Trinajstić information content (AvgIpc) is 2.50. The molecule has 0 spiro atoms. The highest BCUT2D eigenvalue weighted by molar-refractivity contribution is 5.94. The van der Waals surface area contributed by atoms with Crippen molar-refractivity contribution in [2.24, 2.45) is 0 Å². The number of hydrogen-bond acceptors (Lipinski definition) is 4. The van der Waals surface area contributed by atoms with Crippen LogP contribution in [0, 0.1) is 6.92 Å². The van der Waals surface area contributed by atoms with Gasteiger partial charge in [-0.25, -0.2) is 0 Å². The van der Waals surface area contributed by atoms with Gasteiger partial charge in [-0.2, -0.15) is 0 Å². The Kier molecular flexibility index (Phi) is 6.02. The maximum atomic E-state index is 11.9. The van der Waals surface area contributed by atoms with Crippen LogP contribution in [-0.4, -0.2) is 43.4 Å². The second kappa shape index (κ2) is 8.00. The van der Waals surface area contributed by atoms with Gasteiger partial charge in [-0.3, -0.25) is 4.79 Å². The predicted molar refractivity (Wildman–Crippen MR) is 81.6 cm³/mol. The zero-order valence-corrected chi connectivity index (χ0v) is 12.5. The summed E-state index contributed by atoms with van der Waals surface area (Å²) in [7, 11) is 0. The number of aromatic hydroxyl groups is 1. The van der Waals surface area contributed by atoms with Crippen LogP contribution >= 0.6 is 0 Å². The van der Waals surface area contributed by atoms with Crippen molar-refractivity contribution in [3.63, 3.8) is 0 Å². The lowest BCUT2D eigenvalue weighted by atomic mass is 10.1. The van der Waals surface area contributed by atoms with Crippen LogP contribution < -0.4 is 10.6 Å². The first-order valence-electron chi connectivity index (χ1n) is 7.57. The van der Waals surface area contributed by atoms with E-state index in [0.717, 1.165) is 32.4 Å². The largest absolute Gasteiger partial charge is 0.508 e. The van der Waals surface area contributed by atoms with Crippen LogP contribution in [-0.2, 0) is 4.74 Å². The van der Waals surface area contributed by atoms with Crippen LogP contribution in [0.4, 0.5) is 0 Å². The normalized spacial score (nSPS) is 15.9. The second-order valence-electron chi connectivity index (χ2n) is 5.43.